The van der Waals surface area contributed by atoms with Gasteiger partial charge >= 0.3 is 5.69 Å². The highest BCUT2D eigenvalue weighted by Gasteiger charge is 2.35. The van der Waals surface area contributed by atoms with E-state index in [-0.39, 0.29) is 30.1 Å². The van der Waals surface area contributed by atoms with Crippen molar-refractivity contribution < 1.29 is 9.90 Å². The standard InChI is InChI=1S/C24H21N5O4/c1-14(30)29-20(17-12-25-18-10-6-5-9-16(17)18)11-19(27-29)21-22(31)26-24(33)28(23(21)32)13-15-7-3-2-4-8-15/h2-10,12,20,25,32H,11,13H2,1H3,(H,26,31,33)/t20-/m1/s1. The number of hydrogen-bond donors (Lipinski definition) is 3. The summed E-state index contributed by atoms with van der Waals surface area (Å²) in [6.07, 6.45) is 2.03. The fourth-order valence-electron chi connectivity index (χ4n) is 4.30. The number of amides is 1. The van der Waals surface area contributed by atoms with Crippen LogP contribution in [0.5, 0.6) is 5.88 Å². The lowest BCUT2D eigenvalue weighted by atomic mass is 9.98. The number of benzene rings is 2. The second kappa shape index (κ2) is 7.94. The predicted molar refractivity (Wildman–Crippen MR) is 123 cm³/mol. The van der Waals surface area contributed by atoms with E-state index >= 15 is 0 Å². The Hall–Kier alpha value is -4.40. The molecule has 4 aromatic rings. The Morgan fingerprint density at radius 2 is 1.85 bits per heavy atom. The number of hydrazone groups is 1. The van der Waals surface area contributed by atoms with Gasteiger partial charge in [0.2, 0.25) is 11.8 Å². The minimum Gasteiger partial charge on any atom is -0.494 e. The number of rotatable bonds is 4. The zero-order chi connectivity index (χ0) is 23.1. The van der Waals surface area contributed by atoms with E-state index in [9.17, 15) is 19.5 Å². The molecule has 5 rings (SSSR count). The molecule has 0 aliphatic carbocycles. The highest BCUT2D eigenvalue weighted by atomic mass is 16.3. The van der Waals surface area contributed by atoms with Crippen molar-refractivity contribution in [1.29, 1.82) is 0 Å². The Kier molecular flexibility index (Phi) is 4.93. The van der Waals surface area contributed by atoms with Crippen LogP contribution in [0.25, 0.3) is 10.9 Å². The number of nitrogens with zero attached hydrogens (tertiary/aromatic N) is 3. The molecule has 1 aliphatic rings. The van der Waals surface area contributed by atoms with Crippen LogP contribution < -0.4 is 11.2 Å². The molecular formula is C24H21N5O4. The zero-order valence-electron chi connectivity index (χ0n) is 17.8. The van der Waals surface area contributed by atoms with Gasteiger partial charge in [0, 0.05) is 36.0 Å². The van der Waals surface area contributed by atoms with Crippen molar-refractivity contribution in [2.75, 3.05) is 0 Å². The Morgan fingerprint density at radius 1 is 1.12 bits per heavy atom. The fraction of sp³-hybridized carbons (Fsp3) is 0.167. The summed E-state index contributed by atoms with van der Waals surface area (Å²) in [5.41, 5.74) is 1.21. The van der Waals surface area contributed by atoms with Crippen LogP contribution in [-0.2, 0) is 11.3 Å². The first-order valence-electron chi connectivity index (χ1n) is 10.5. The van der Waals surface area contributed by atoms with Crippen molar-refractivity contribution in [3.63, 3.8) is 0 Å². The summed E-state index contributed by atoms with van der Waals surface area (Å²) in [5, 5.41) is 17.6. The van der Waals surface area contributed by atoms with Gasteiger partial charge in [0.05, 0.1) is 18.3 Å². The number of para-hydroxylation sites is 1. The van der Waals surface area contributed by atoms with Gasteiger partial charge in [-0.25, -0.2) is 9.80 Å². The first-order chi connectivity index (χ1) is 15.9. The lowest BCUT2D eigenvalue weighted by molar-refractivity contribution is -0.130. The lowest BCUT2D eigenvalue weighted by Crippen LogP contribution is -2.34. The molecule has 1 amide bonds. The third-order valence-electron chi connectivity index (χ3n) is 5.86. The number of aromatic hydroxyl groups is 1. The van der Waals surface area contributed by atoms with Crippen LogP contribution in [0, 0.1) is 0 Å². The number of fused-ring (bicyclic) bond motifs is 1. The SMILES string of the molecule is CC(=O)N1N=C(c2c(O)n(Cc3ccccc3)c(=O)[nH]c2=O)C[C@@H]1c1c[nH]c2ccccc12. The molecule has 2 aromatic heterocycles. The summed E-state index contributed by atoms with van der Waals surface area (Å²) in [5.74, 6) is -0.775. The number of hydrogen-bond acceptors (Lipinski definition) is 5. The van der Waals surface area contributed by atoms with Crippen LogP contribution in [0.4, 0.5) is 0 Å². The zero-order valence-corrected chi connectivity index (χ0v) is 17.8. The lowest BCUT2D eigenvalue weighted by Gasteiger charge is -2.19. The van der Waals surface area contributed by atoms with Crippen LogP contribution in [0.2, 0.25) is 0 Å². The molecule has 1 atom stereocenters. The summed E-state index contributed by atoms with van der Waals surface area (Å²) in [4.78, 5) is 43.0. The van der Waals surface area contributed by atoms with Crippen molar-refractivity contribution in [3.8, 4) is 5.88 Å². The summed E-state index contributed by atoms with van der Waals surface area (Å²) in [6, 6.07) is 16.4. The van der Waals surface area contributed by atoms with E-state index in [1.165, 1.54) is 11.9 Å². The maximum Gasteiger partial charge on any atom is 0.331 e. The number of aromatic nitrogens is 3. The van der Waals surface area contributed by atoms with Crippen molar-refractivity contribution in [3.05, 3.63) is 98.3 Å². The predicted octanol–water partition coefficient (Wildman–Crippen LogP) is 2.47. The second-order valence-corrected chi connectivity index (χ2v) is 7.95. The van der Waals surface area contributed by atoms with Crippen molar-refractivity contribution in [2.45, 2.75) is 25.9 Å². The Morgan fingerprint density at radius 3 is 2.61 bits per heavy atom. The van der Waals surface area contributed by atoms with Crippen molar-refractivity contribution in [1.82, 2.24) is 19.5 Å². The molecule has 0 radical (unpaired) electrons. The highest BCUT2D eigenvalue weighted by Crippen LogP contribution is 2.37. The van der Waals surface area contributed by atoms with E-state index in [0.29, 0.717) is 0 Å². The van der Waals surface area contributed by atoms with Crippen molar-refractivity contribution >= 4 is 22.5 Å². The molecule has 2 aromatic carbocycles. The van der Waals surface area contributed by atoms with Crippen LogP contribution in [0.15, 0.2) is 75.5 Å². The molecule has 33 heavy (non-hydrogen) atoms. The number of H-pyrrole nitrogens is 2. The highest BCUT2D eigenvalue weighted by molar-refractivity contribution is 6.04. The van der Waals surface area contributed by atoms with Gasteiger partial charge in [-0.1, -0.05) is 48.5 Å². The summed E-state index contributed by atoms with van der Waals surface area (Å²) in [7, 11) is 0. The van der Waals surface area contributed by atoms with Gasteiger partial charge in [-0.15, -0.1) is 0 Å². The average molecular weight is 443 g/mol. The quantitative estimate of drug-likeness (QED) is 0.448. The van der Waals surface area contributed by atoms with E-state index in [1.54, 1.807) is 0 Å². The summed E-state index contributed by atoms with van der Waals surface area (Å²) in [6.45, 7) is 1.47. The minimum absolute atomic E-state index is 0.0743. The second-order valence-electron chi connectivity index (χ2n) is 7.95. The molecule has 0 saturated carbocycles. The molecule has 0 bridgehead atoms. The molecular weight excluding hydrogens is 422 g/mol. The largest absolute Gasteiger partial charge is 0.494 e. The normalized spacial score (nSPS) is 15.7. The van der Waals surface area contributed by atoms with Crippen LogP contribution in [0.1, 0.15) is 36.1 Å². The van der Waals surface area contributed by atoms with Gasteiger partial charge in [-0.3, -0.25) is 19.1 Å². The van der Waals surface area contributed by atoms with E-state index in [2.05, 4.69) is 15.1 Å². The number of carbonyl (C=O) groups excluding carboxylic acids is 1. The van der Waals surface area contributed by atoms with E-state index in [1.807, 2.05) is 60.8 Å². The first kappa shape index (κ1) is 20.5. The first-order valence-corrected chi connectivity index (χ1v) is 10.5. The van der Waals surface area contributed by atoms with Gasteiger partial charge in [-0.2, -0.15) is 5.10 Å². The Bertz CT molecular complexity index is 1510. The molecule has 166 valence electrons. The smallest absolute Gasteiger partial charge is 0.331 e. The number of nitrogens with one attached hydrogen (secondary N) is 2. The van der Waals surface area contributed by atoms with Crippen LogP contribution >= 0.6 is 0 Å². The Labute approximate surface area is 187 Å². The van der Waals surface area contributed by atoms with E-state index in [0.717, 1.165) is 26.6 Å². The van der Waals surface area contributed by atoms with Gasteiger partial charge in [0.25, 0.3) is 5.56 Å². The van der Waals surface area contributed by atoms with E-state index < -0.39 is 23.2 Å². The van der Waals surface area contributed by atoms with Crippen molar-refractivity contribution in [2.24, 2.45) is 5.10 Å². The van der Waals surface area contributed by atoms with Crippen LogP contribution in [-0.4, -0.2) is 36.3 Å². The molecule has 3 heterocycles. The topological polar surface area (TPSA) is 124 Å². The third kappa shape index (κ3) is 3.53. The maximum atomic E-state index is 12.7. The summed E-state index contributed by atoms with van der Waals surface area (Å²) >= 11 is 0. The number of carbonyl (C=O) groups is 1. The molecule has 0 fully saturated rings. The molecule has 9 heteroatoms. The van der Waals surface area contributed by atoms with Gasteiger partial charge < -0.3 is 10.1 Å². The average Bonchev–Trinajstić information content (AvgIpc) is 3.42. The minimum atomic E-state index is -0.747. The molecule has 0 saturated heterocycles. The fourth-order valence-corrected chi connectivity index (χ4v) is 4.30. The molecule has 9 nitrogen and oxygen atoms in total. The van der Waals surface area contributed by atoms with Gasteiger partial charge in [-0.05, 0) is 11.6 Å². The molecule has 0 unspecified atom stereocenters. The summed E-state index contributed by atoms with van der Waals surface area (Å²) < 4.78 is 1.09. The monoisotopic (exact) mass is 443 g/mol. The maximum absolute atomic E-state index is 12.7. The van der Waals surface area contributed by atoms with Gasteiger partial charge in [0.15, 0.2) is 0 Å². The van der Waals surface area contributed by atoms with Crippen LogP contribution in [0.3, 0.4) is 0 Å². The molecule has 0 spiro atoms. The molecule has 3 N–H and O–H groups in total. The number of aromatic amines is 2. The third-order valence-corrected chi connectivity index (χ3v) is 5.86. The van der Waals surface area contributed by atoms with E-state index in [4.69, 9.17) is 0 Å². The Balaban J connectivity index is 1.58. The molecule has 1 aliphatic heterocycles. The van der Waals surface area contributed by atoms with Gasteiger partial charge in [0.1, 0.15) is 5.56 Å².